The third-order valence-corrected chi connectivity index (χ3v) is 1.32. The predicted molar refractivity (Wildman–Crippen MR) is 34.1 cm³/mol. The average Bonchev–Trinajstić information content (AvgIpc) is 1.85. The van der Waals surface area contributed by atoms with Crippen LogP contribution in [0.3, 0.4) is 0 Å². The number of carbonyl (C=O) groups is 1. The van der Waals surface area contributed by atoms with Gasteiger partial charge in [0, 0.05) is 0 Å². The molecule has 0 spiro atoms. The Morgan fingerprint density at radius 2 is 2.09 bits per heavy atom. The molecule has 0 fully saturated rings. The lowest BCUT2D eigenvalue weighted by atomic mass is 10.4. The van der Waals surface area contributed by atoms with E-state index < -0.39 is 17.6 Å². The van der Waals surface area contributed by atoms with Gasteiger partial charge in [0.05, 0.1) is 0 Å². The summed E-state index contributed by atoms with van der Waals surface area (Å²) in [4.78, 5) is 10.1. The molecule has 0 aromatic rings. The van der Waals surface area contributed by atoms with E-state index >= 15 is 0 Å². The van der Waals surface area contributed by atoms with Crippen LogP contribution >= 0.6 is 11.6 Å². The van der Waals surface area contributed by atoms with E-state index in [1.54, 1.807) is 12.2 Å². The summed E-state index contributed by atoms with van der Waals surface area (Å²) in [5.41, 5.74) is -0.955. The number of alkyl halides is 4. The molecule has 0 saturated carbocycles. The number of halogens is 4. The molecule has 0 radical (unpaired) electrons. The summed E-state index contributed by atoms with van der Waals surface area (Å²) < 4.78 is 34.4. The van der Waals surface area contributed by atoms with Gasteiger partial charge in [-0.05, 0) is 6.42 Å². The quantitative estimate of drug-likeness (QED) is 0.519. The summed E-state index contributed by atoms with van der Waals surface area (Å²) in [6.07, 6.45) is -4.59. The van der Waals surface area contributed by atoms with Crippen LogP contribution in [-0.4, -0.2) is 17.6 Å². The lowest BCUT2D eigenvalue weighted by molar-refractivity contribution is -0.173. The molecular formula is C5H7ClF3NO. The van der Waals surface area contributed by atoms with Crippen LogP contribution in [0.5, 0.6) is 0 Å². The Morgan fingerprint density at radius 1 is 1.64 bits per heavy atom. The van der Waals surface area contributed by atoms with E-state index in [1.807, 2.05) is 0 Å². The number of nitrogens with one attached hydrogen (secondary N) is 1. The van der Waals surface area contributed by atoms with Crippen LogP contribution in [0.1, 0.15) is 13.3 Å². The van der Waals surface area contributed by atoms with Crippen molar-refractivity contribution in [2.45, 2.75) is 25.0 Å². The Labute approximate surface area is 66.7 Å². The Hall–Kier alpha value is -0.450. The second kappa shape index (κ2) is 3.80. The highest BCUT2D eigenvalue weighted by Gasteiger charge is 2.39. The summed E-state index contributed by atoms with van der Waals surface area (Å²) in [7, 11) is 0. The maximum atomic E-state index is 11.5. The van der Waals surface area contributed by atoms with E-state index in [0.717, 1.165) is 0 Å². The molecule has 0 aliphatic rings. The molecular weight excluding hydrogens is 183 g/mol. The van der Waals surface area contributed by atoms with Crippen molar-refractivity contribution in [1.82, 2.24) is 5.32 Å². The summed E-state index contributed by atoms with van der Waals surface area (Å²) in [6, 6.07) is 0. The summed E-state index contributed by atoms with van der Waals surface area (Å²) >= 11 is 5.23. The molecule has 1 amide bonds. The van der Waals surface area contributed by atoms with E-state index in [2.05, 4.69) is 0 Å². The minimum Gasteiger partial charge on any atom is -0.332 e. The molecule has 0 saturated heterocycles. The van der Waals surface area contributed by atoms with Crippen LogP contribution in [0.15, 0.2) is 0 Å². The molecule has 11 heavy (non-hydrogen) atoms. The third kappa shape index (κ3) is 4.08. The topological polar surface area (TPSA) is 29.1 Å². The van der Waals surface area contributed by atoms with Crippen molar-refractivity contribution in [3.8, 4) is 0 Å². The maximum absolute atomic E-state index is 11.5. The van der Waals surface area contributed by atoms with Gasteiger partial charge in [-0.25, -0.2) is 0 Å². The minimum absolute atomic E-state index is 0.253. The number of hydrogen-bond acceptors (Lipinski definition) is 1. The zero-order chi connectivity index (χ0) is 9.07. The van der Waals surface area contributed by atoms with Crippen molar-refractivity contribution < 1.29 is 18.0 Å². The SMILES string of the molecule is CC[C@H](Cl)NC(=O)C(F)(F)F. The number of hydrogen-bond donors (Lipinski definition) is 1. The largest absolute Gasteiger partial charge is 0.471 e. The molecule has 0 unspecified atom stereocenters. The fraction of sp³-hybridized carbons (Fsp3) is 0.800. The molecule has 0 aromatic heterocycles. The molecule has 66 valence electrons. The molecule has 6 heteroatoms. The highest BCUT2D eigenvalue weighted by Crippen LogP contribution is 2.15. The van der Waals surface area contributed by atoms with E-state index in [0.29, 0.717) is 0 Å². The monoisotopic (exact) mass is 189 g/mol. The maximum Gasteiger partial charge on any atom is 0.471 e. The minimum atomic E-state index is -4.84. The highest BCUT2D eigenvalue weighted by atomic mass is 35.5. The van der Waals surface area contributed by atoms with Crippen LogP contribution in [0.2, 0.25) is 0 Å². The molecule has 0 rings (SSSR count). The second-order valence-electron chi connectivity index (χ2n) is 1.85. The Morgan fingerprint density at radius 3 is 2.36 bits per heavy atom. The lowest BCUT2D eigenvalue weighted by Gasteiger charge is -2.10. The standard InChI is InChI=1S/C5H7ClF3NO/c1-2-3(6)10-4(11)5(7,8)9/h3H,2H2,1H3,(H,10,11)/t3-/m1/s1. The smallest absolute Gasteiger partial charge is 0.332 e. The van der Waals surface area contributed by atoms with Gasteiger partial charge >= 0.3 is 12.1 Å². The van der Waals surface area contributed by atoms with Crippen LogP contribution in [0, 0.1) is 0 Å². The summed E-state index contributed by atoms with van der Waals surface area (Å²) in [6.45, 7) is 1.56. The van der Waals surface area contributed by atoms with E-state index in [4.69, 9.17) is 11.6 Å². The first-order chi connectivity index (χ1) is 4.88. The normalized spacial score (nSPS) is 14.3. The first-order valence-electron chi connectivity index (χ1n) is 2.89. The Balaban J connectivity index is 3.88. The predicted octanol–water partition coefficient (Wildman–Crippen LogP) is 1.64. The number of amides is 1. The van der Waals surface area contributed by atoms with Gasteiger partial charge in [0.1, 0.15) is 5.50 Å². The van der Waals surface area contributed by atoms with Crippen molar-refractivity contribution >= 4 is 17.5 Å². The van der Waals surface area contributed by atoms with Crippen molar-refractivity contribution in [3.63, 3.8) is 0 Å². The molecule has 0 aliphatic carbocycles. The van der Waals surface area contributed by atoms with Gasteiger partial charge in [0.2, 0.25) is 0 Å². The van der Waals surface area contributed by atoms with Gasteiger partial charge in [0.15, 0.2) is 0 Å². The second-order valence-corrected chi connectivity index (χ2v) is 2.37. The van der Waals surface area contributed by atoms with Gasteiger partial charge < -0.3 is 5.32 Å². The average molecular weight is 190 g/mol. The third-order valence-electron chi connectivity index (χ3n) is 0.904. The van der Waals surface area contributed by atoms with Crippen molar-refractivity contribution in [1.29, 1.82) is 0 Å². The van der Waals surface area contributed by atoms with Gasteiger partial charge in [0.25, 0.3) is 0 Å². The van der Waals surface area contributed by atoms with Crippen molar-refractivity contribution in [2.24, 2.45) is 0 Å². The number of carbonyl (C=O) groups excluding carboxylic acids is 1. The molecule has 1 atom stereocenters. The van der Waals surface area contributed by atoms with Crippen molar-refractivity contribution in [3.05, 3.63) is 0 Å². The summed E-state index contributed by atoms with van der Waals surface area (Å²) in [5.74, 6) is -2.00. The Kier molecular flexibility index (Phi) is 3.65. The molecule has 1 N–H and O–H groups in total. The van der Waals surface area contributed by atoms with Crippen LogP contribution in [-0.2, 0) is 4.79 Å². The fourth-order valence-corrected chi connectivity index (χ4v) is 0.425. The van der Waals surface area contributed by atoms with E-state index in [-0.39, 0.29) is 6.42 Å². The van der Waals surface area contributed by atoms with Crippen LogP contribution in [0.25, 0.3) is 0 Å². The van der Waals surface area contributed by atoms with Gasteiger partial charge in [-0.2, -0.15) is 13.2 Å². The Bertz CT molecular complexity index is 147. The van der Waals surface area contributed by atoms with Crippen LogP contribution < -0.4 is 5.32 Å². The van der Waals surface area contributed by atoms with Gasteiger partial charge in [-0.3, -0.25) is 4.79 Å². The van der Waals surface area contributed by atoms with E-state index in [1.165, 1.54) is 0 Å². The van der Waals surface area contributed by atoms with Gasteiger partial charge in [-0.1, -0.05) is 18.5 Å². The van der Waals surface area contributed by atoms with E-state index in [9.17, 15) is 18.0 Å². The van der Waals surface area contributed by atoms with Gasteiger partial charge in [-0.15, -0.1) is 0 Å². The molecule has 2 nitrogen and oxygen atoms in total. The zero-order valence-corrected chi connectivity index (χ0v) is 6.46. The zero-order valence-electron chi connectivity index (χ0n) is 5.70. The number of rotatable bonds is 2. The molecule has 0 aromatic carbocycles. The first kappa shape index (κ1) is 10.6. The van der Waals surface area contributed by atoms with Crippen molar-refractivity contribution in [2.75, 3.05) is 0 Å². The molecule has 0 heterocycles. The molecule has 0 aliphatic heterocycles. The van der Waals surface area contributed by atoms with Crippen LogP contribution in [0.4, 0.5) is 13.2 Å². The lowest BCUT2D eigenvalue weighted by Crippen LogP contribution is -2.40. The summed E-state index contributed by atoms with van der Waals surface area (Å²) in [5, 5.41) is 1.57. The highest BCUT2D eigenvalue weighted by molar-refractivity contribution is 6.21. The first-order valence-corrected chi connectivity index (χ1v) is 3.33. The fourth-order valence-electron chi connectivity index (χ4n) is 0.326. The molecule has 0 bridgehead atoms.